The number of sulfonamides is 1. The van der Waals surface area contributed by atoms with Crippen molar-refractivity contribution in [3.63, 3.8) is 0 Å². The van der Waals surface area contributed by atoms with Gasteiger partial charge in [-0.15, -0.1) is 11.3 Å². The second-order valence-corrected chi connectivity index (χ2v) is 8.58. The molecule has 1 atom stereocenters. The minimum Gasteiger partial charge on any atom is -0.351 e. The van der Waals surface area contributed by atoms with Gasteiger partial charge in [0.2, 0.25) is 5.91 Å². The zero-order valence-electron chi connectivity index (χ0n) is 12.8. The van der Waals surface area contributed by atoms with Crippen molar-refractivity contribution >= 4 is 27.3 Å². The maximum atomic E-state index is 13.6. The first kappa shape index (κ1) is 17.1. The van der Waals surface area contributed by atoms with Crippen molar-refractivity contribution in [2.45, 2.75) is 29.6 Å². The van der Waals surface area contributed by atoms with Crippen molar-refractivity contribution in [3.05, 3.63) is 53.2 Å². The lowest BCUT2D eigenvalue weighted by atomic mass is 10.2. The van der Waals surface area contributed by atoms with E-state index in [1.807, 2.05) is 0 Å². The molecule has 1 aliphatic heterocycles. The number of carbonyl (C=O) groups is 1. The van der Waals surface area contributed by atoms with E-state index < -0.39 is 27.8 Å². The minimum atomic E-state index is -3.66. The van der Waals surface area contributed by atoms with Crippen LogP contribution < -0.4 is 5.32 Å². The molecule has 128 valence electrons. The van der Waals surface area contributed by atoms with E-state index in [4.69, 9.17) is 0 Å². The van der Waals surface area contributed by atoms with Gasteiger partial charge < -0.3 is 5.32 Å². The third-order valence-electron chi connectivity index (χ3n) is 3.98. The van der Waals surface area contributed by atoms with E-state index in [1.54, 1.807) is 29.6 Å². The van der Waals surface area contributed by atoms with Gasteiger partial charge in [-0.25, -0.2) is 12.8 Å². The first-order chi connectivity index (χ1) is 11.5. The van der Waals surface area contributed by atoms with Gasteiger partial charge in [-0.3, -0.25) is 4.79 Å². The highest BCUT2D eigenvalue weighted by Crippen LogP contribution is 2.28. The van der Waals surface area contributed by atoms with Crippen LogP contribution in [-0.4, -0.2) is 31.2 Å². The largest absolute Gasteiger partial charge is 0.351 e. The van der Waals surface area contributed by atoms with Crippen molar-refractivity contribution in [3.8, 4) is 0 Å². The number of nitrogens with zero attached hydrogens (tertiary/aromatic N) is 1. The van der Waals surface area contributed by atoms with Crippen LogP contribution in [0.5, 0.6) is 0 Å². The Bertz CT molecular complexity index is 822. The molecule has 24 heavy (non-hydrogen) atoms. The summed E-state index contributed by atoms with van der Waals surface area (Å²) >= 11 is 1.13. The summed E-state index contributed by atoms with van der Waals surface area (Å²) in [7, 11) is -3.66. The molecule has 5 nitrogen and oxygen atoms in total. The molecule has 0 radical (unpaired) electrons. The fourth-order valence-corrected chi connectivity index (χ4v) is 5.53. The average molecular weight is 368 g/mol. The number of hydrogen-bond donors (Lipinski definition) is 1. The molecule has 3 rings (SSSR count). The Labute approximate surface area is 144 Å². The molecule has 2 aromatic rings. The first-order valence-electron chi connectivity index (χ1n) is 7.56. The van der Waals surface area contributed by atoms with Crippen molar-refractivity contribution in [2.75, 3.05) is 6.54 Å². The monoisotopic (exact) mass is 368 g/mol. The molecular weight excluding hydrogens is 351 g/mol. The molecule has 1 N–H and O–H groups in total. The number of amides is 1. The number of carbonyl (C=O) groups excluding carboxylic acids is 1. The topological polar surface area (TPSA) is 66.5 Å². The maximum Gasteiger partial charge on any atom is 0.253 e. The standard InChI is InChI=1S/C16H17FN2O3S2/c17-13-6-2-1-5-12(13)11-18-16(20)14-7-3-9-19(14)24(21,22)15-8-4-10-23-15/h1-2,4-6,8,10,14H,3,7,9,11H2,(H,18,20). The predicted molar refractivity (Wildman–Crippen MR) is 89.5 cm³/mol. The summed E-state index contributed by atoms with van der Waals surface area (Å²) in [5.74, 6) is -0.789. The molecule has 1 aromatic heterocycles. The molecule has 0 saturated carbocycles. The molecule has 0 bridgehead atoms. The zero-order valence-corrected chi connectivity index (χ0v) is 14.4. The molecule has 0 aliphatic carbocycles. The highest BCUT2D eigenvalue weighted by Gasteiger charge is 2.39. The highest BCUT2D eigenvalue weighted by atomic mass is 32.2. The van der Waals surface area contributed by atoms with Crippen molar-refractivity contribution in [1.82, 2.24) is 9.62 Å². The third kappa shape index (κ3) is 3.35. The number of thiophene rings is 1. The van der Waals surface area contributed by atoms with Gasteiger partial charge in [-0.2, -0.15) is 4.31 Å². The van der Waals surface area contributed by atoms with Crippen LogP contribution >= 0.6 is 11.3 Å². The Hall–Kier alpha value is -1.77. The van der Waals surface area contributed by atoms with E-state index in [2.05, 4.69) is 5.32 Å². The molecular formula is C16H17FN2O3S2. The van der Waals surface area contributed by atoms with E-state index in [-0.39, 0.29) is 10.8 Å². The summed E-state index contributed by atoms with van der Waals surface area (Å²) in [6.45, 7) is 0.354. The van der Waals surface area contributed by atoms with Crippen LogP contribution in [0.2, 0.25) is 0 Å². The van der Waals surface area contributed by atoms with Crippen LogP contribution in [0.4, 0.5) is 4.39 Å². The maximum absolute atomic E-state index is 13.6. The van der Waals surface area contributed by atoms with Crippen molar-refractivity contribution in [2.24, 2.45) is 0 Å². The van der Waals surface area contributed by atoms with Crippen LogP contribution in [-0.2, 0) is 21.4 Å². The summed E-state index contributed by atoms with van der Waals surface area (Å²) in [5.41, 5.74) is 0.372. The predicted octanol–water partition coefficient (Wildman–Crippen LogP) is 2.36. The smallest absolute Gasteiger partial charge is 0.253 e. The second kappa shape index (κ2) is 7.00. The Morgan fingerprint density at radius 1 is 1.29 bits per heavy atom. The Morgan fingerprint density at radius 2 is 2.08 bits per heavy atom. The van der Waals surface area contributed by atoms with Gasteiger partial charge in [0.05, 0.1) is 0 Å². The van der Waals surface area contributed by atoms with E-state index in [1.165, 1.54) is 16.4 Å². The lowest BCUT2D eigenvalue weighted by Gasteiger charge is -2.22. The SMILES string of the molecule is O=C(NCc1ccccc1F)C1CCCN1S(=O)(=O)c1cccs1. The van der Waals surface area contributed by atoms with Gasteiger partial charge in [0, 0.05) is 18.7 Å². The molecule has 1 amide bonds. The van der Waals surface area contributed by atoms with Crippen LogP contribution in [0.1, 0.15) is 18.4 Å². The van der Waals surface area contributed by atoms with E-state index in [0.29, 0.717) is 24.9 Å². The number of benzene rings is 1. The van der Waals surface area contributed by atoms with Crippen molar-refractivity contribution < 1.29 is 17.6 Å². The number of halogens is 1. The molecule has 0 spiro atoms. The third-order valence-corrected chi connectivity index (χ3v) is 7.26. The molecule has 1 saturated heterocycles. The summed E-state index contributed by atoms with van der Waals surface area (Å²) in [5, 5.41) is 4.34. The molecule has 1 aliphatic rings. The first-order valence-corrected chi connectivity index (χ1v) is 9.88. The lowest BCUT2D eigenvalue weighted by Crippen LogP contribution is -2.45. The molecule has 1 unspecified atom stereocenters. The molecule has 1 aromatic carbocycles. The van der Waals surface area contributed by atoms with E-state index in [9.17, 15) is 17.6 Å². The minimum absolute atomic E-state index is 0.0366. The zero-order chi connectivity index (χ0) is 17.2. The van der Waals surface area contributed by atoms with E-state index in [0.717, 1.165) is 11.3 Å². The van der Waals surface area contributed by atoms with E-state index >= 15 is 0 Å². The summed E-state index contributed by atoms with van der Waals surface area (Å²) in [4.78, 5) is 12.4. The number of hydrogen-bond acceptors (Lipinski definition) is 4. The fourth-order valence-electron chi connectivity index (χ4n) is 2.76. The second-order valence-electron chi connectivity index (χ2n) is 5.52. The van der Waals surface area contributed by atoms with Gasteiger partial charge in [-0.05, 0) is 30.4 Å². The van der Waals surface area contributed by atoms with Gasteiger partial charge in [0.25, 0.3) is 10.0 Å². The Kier molecular flexibility index (Phi) is 4.98. The molecule has 1 fully saturated rings. The normalized spacial score (nSPS) is 18.6. The quantitative estimate of drug-likeness (QED) is 0.881. The van der Waals surface area contributed by atoms with Crippen LogP contribution in [0.25, 0.3) is 0 Å². The lowest BCUT2D eigenvalue weighted by molar-refractivity contribution is -0.124. The summed E-state index contributed by atoms with van der Waals surface area (Å²) in [6.07, 6.45) is 1.09. The fraction of sp³-hybridized carbons (Fsp3) is 0.312. The van der Waals surface area contributed by atoms with Crippen LogP contribution in [0.3, 0.4) is 0 Å². The summed E-state index contributed by atoms with van der Waals surface area (Å²) < 4.78 is 40.4. The van der Waals surface area contributed by atoms with Gasteiger partial charge >= 0.3 is 0 Å². The Morgan fingerprint density at radius 3 is 2.79 bits per heavy atom. The number of rotatable bonds is 5. The van der Waals surface area contributed by atoms with Gasteiger partial charge in [0.15, 0.2) is 0 Å². The van der Waals surface area contributed by atoms with Gasteiger partial charge in [0.1, 0.15) is 16.1 Å². The Balaban J connectivity index is 1.71. The molecule has 2 heterocycles. The number of nitrogens with one attached hydrogen (secondary N) is 1. The van der Waals surface area contributed by atoms with Crippen molar-refractivity contribution in [1.29, 1.82) is 0 Å². The molecule has 8 heteroatoms. The summed E-state index contributed by atoms with van der Waals surface area (Å²) in [6, 6.07) is 8.63. The van der Waals surface area contributed by atoms with Crippen LogP contribution in [0.15, 0.2) is 46.0 Å². The average Bonchev–Trinajstić information content (AvgIpc) is 3.25. The van der Waals surface area contributed by atoms with Crippen LogP contribution in [0, 0.1) is 5.82 Å². The highest BCUT2D eigenvalue weighted by molar-refractivity contribution is 7.91. The van der Waals surface area contributed by atoms with Gasteiger partial charge in [-0.1, -0.05) is 24.3 Å².